The predicted molar refractivity (Wildman–Crippen MR) is 130 cm³/mol. The number of rotatable bonds is 5. The minimum Gasteiger partial charge on any atom is -0.423 e. The zero-order valence-corrected chi connectivity index (χ0v) is 19.8. The number of carbonyl (C=O) groups excluding carboxylic acids is 2. The SMILES string of the molecule is O=C(Oc1ccc(-c2ccc(OC(=O)c3ccccc3Br)cc2)cc1)c1ccccc1Br. The first-order valence-corrected chi connectivity index (χ1v) is 11.2. The van der Waals surface area contributed by atoms with E-state index in [0.29, 0.717) is 31.6 Å². The van der Waals surface area contributed by atoms with Crippen molar-refractivity contribution >= 4 is 43.8 Å². The maximum atomic E-state index is 12.3. The van der Waals surface area contributed by atoms with Gasteiger partial charge in [-0.15, -0.1) is 0 Å². The maximum Gasteiger partial charge on any atom is 0.344 e. The van der Waals surface area contributed by atoms with Gasteiger partial charge in [0.1, 0.15) is 11.5 Å². The maximum absolute atomic E-state index is 12.3. The molecule has 4 rings (SSSR count). The molecule has 4 aromatic rings. The van der Waals surface area contributed by atoms with E-state index in [-0.39, 0.29) is 0 Å². The average molecular weight is 552 g/mol. The summed E-state index contributed by atoms with van der Waals surface area (Å²) in [7, 11) is 0. The Morgan fingerprint density at radius 2 is 0.844 bits per heavy atom. The summed E-state index contributed by atoms with van der Waals surface area (Å²) in [6.45, 7) is 0. The van der Waals surface area contributed by atoms with Gasteiger partial charge in [0.15, 0.2) is 0 Å². The fraction of sp³-hybridized carbons (Fsp3) is 0. The topological polar surface area (TPSA) is 52.6 Å². The molecule has 6 heteroatoms. The summed E-state index contributed by atoms with van der Waals surface area (Å²) in [6.07, 6.45) is 0. The molecule has 0 heterocycles. The Morgan fingerprint density at radius 3 is 1.19 bits per heavy atom. The van der Waals surface area contributed by atoms with Crippen molar-refractivity contribution in [1.82, 2.24) is 0 Å². The largest absolute Gasteiger partial charge is 0.423 e. The molecule has 4 aromatic carbocycles. The fourth-order valence-electron chi connectivity index (χ4n) is 3.01. The van der Waals surface area contributed by atoms with Crippen LogP contribution in [0.4, 0.5) is 0 Å². The van der Waals surface area contributed by atoms with Gasteiger partial charge in [-0.2, -0.15) is 0 Å². The van der Waals surface area contributed by atoms with Crippen LogP contribution in [0.2, 0.25) is 0 Å². The summed E-state index contributed by atoms with van der Waals surface area (Å²) < 4.78 is 12.3. The summed E-state index contributed by atoms with van der Waals surface area (Å²) in [6, 6.07) is 28.6. The molecule has 0 aliphatic carbocycles. The van der Waals surface area contributed by atoms with Gasteiger partial charge in [-0.3, -0.25) is 0 Å². The summed E-state index contributed by atoms with van der Waals surface area (Å²) >= 11 is 6.71. The molecule has 158 valence electrons. The van der Waals surface area contributed by atoms with Crippen molar-refractivity contribution in [2.24, 2.45) is 0 Å². The molecule has 0 aromatic heterocycles. The van der Waals surface area contributed by atoms with Gasteiger partial charge in [0.2, 0.25) is 0 Å². The average Bonchev–Trinajstić information content (AvgIpc) is 2.80. The third kappa shape index (κ3) is 5.15. The highest BCUT2D eigenvalue weighted by Crippen LogP contribution is 2.26. The lowest BCUT2D eigenvalue weighted by Gasteiger charge is -2.09. The van der Waals surface area contributed by atoms with Gasteiger partial charge in [-0.05, 0) is 91.5 Å². The van der Waals surface area contributed by atoms with Gasteiger partial charge < -0.3 is 9.47 Å². The van der Waals surface area contributed by atoms with E-state index < -0.39 is 11.9 Å². The lowest BCUT2D eigenvalue weighted by atomic mass is 10.1. The van der Waals surface area contributed by atoms with Crippen LogP contribution in [-0.4, -0.2) is 11.9 Å². The molecule has 0 fully saturated rings. The van der Waals surface area contributed by atoms with Crippen molar-refractivity contribution in [2.45, 2.75) is 0 Å². The third-order valence-electron chi connectivity index (χ3n) is 4.65. The molecule has 0 spiro atoms. The van der Waals surface area contributed by atoms with Crippen LogP contribution in [0, 0.1) is 0 Å². The van der Waals surface area contributed by atoms with E-state index in [9.17, 15) is 9.59 Å². The second-order valence-electron chi connectivity index (χ2n) is 6.79. The fourth-order valence-corrected chi connectivity index (χ4v) is 3.90. The molecule has 0 unspecified atom stereocenters. The molecule has 0 amide bonds. The molecular formula is C26H16Br2O4. The lowest BCUT2D eigenvalue weighted by molar-refractivity contribution is 0.0724. The molecule has 0 aliphatic rings. The minimum absolute atomic E-state index is 0.429. The van der Waals surface area contributed by atoms with Crippen molar-refractivity contribution in [3.05, 3.63) is 117 Å². The van der Waals surface area contributed by atoms with Crippen molar-refractivity contribution in [3.63, 3.8) is 0 Å². The van der Waals surface area contributed by atoms with Gasteiger partial charge in [0.05, 0.1) is 11.1 Å². The standard InChI is InChI=1S/C26H16Br2O4/c27-23-7-3-1-5-21(23)25(29)31-19-13-9-17(10-14-19)18-11-15-20(16-12-18)32-26(30)22-6-2-4-8-24(22)28/h1-16H. The van der Waals surface area contributed by atoms with Crippen molar-refractivity contribution in [1.29, 1.82) is 0 Å². The number of hydrogen-bond acceptors (Lipinski definition) is 4. The first-order valence-electron chi connectivity index (χ1n) is 9.65. The van der Waals surface area contributed by atoms with Crippen LogP contribution in [0.15, 0.2) is 106 Å². The Kier molecular flexibility index (Phi) is 6.83. The summed E-state index contributed by atoms with van der Waals surface area (Å²) in [5.74, 6) is 0.0462. The van der Waals surface area contributed by atoms with E-state index in [1.807, 2.05) is 36.4 Å². The molecular weight excluding hydrogens is 536 g/mol. The predicted octanol–water partition coefficient (Wildman–Crippen LogP) is 7.32. The van der Waals surface area contributed by atoms with Gasteiger partial charge >= 0.3 is 11.9 Å². The van der Waals surface area contributed by atoms with E-state index in [2.05, 4.69) is 31.9 Å². The normalized spacial score (nSPS) is 10.4. The van der Waals surface area contributed by atoms with Crippen LogP contribution < -0.4 is 9.47 Å². The van der Waals surface area contributed by atoms with Crippen LogP contribution in [0.25, 0.3) is 11.1 Å². The van der Waals surface area contributed by atoms with E-state index in [4.69, 9.17) is 9.47 Å². The van der Waals surface area contributed by atoms with Crippen LogP contribution in [0.1, 0.15) is 20.7 Å². The number of benzene rings is 4. The van der Waals surface area contributed by atoms with E-state index >= 15 is 0 Å². The van der Waals surface area contributed by atoms with Gasteiger partial charge in [-0.1, -0.05) is 48.5 Å². The van der Waals surface area contributed by atoms with E-state index in [1.54, 1.807) is 60.7 Å². The Hall–Kier alpha value is -3.22. The molecule has 32 heavy (non-hydrogen) atoms. The zero-order chi connectivity index (χ0) is 22.5. The second kappa shape index (κ2) is 9.94. The van der Waals surface area contributed by atoms with Crippen molar-refractivity contribution in [2.75, 3.05) is 0 Å². The first kappa shape index (κ1) is 22.0. The monoisotopic (exact) mass is 550 g/mol. The van der Waals surface area contributed by atoms with Crippen LogP contribution >= 0.6 is 31.9 Å². The van der Waals surface area contributed by atoms with Gasteiger partial charge in [0, 0.05) is 8.95 Å². The van der Waals surface area contributed by atoms with E-state index in [0.717, 1.165) is 11.1 Å². The number of carbonyl (C=O) groups is 2. The summed E-state index contributed by atoms with van der Waals surface area (Å²) in [5.41, 5.74) is 2.80. The highest BCUT2D eigenvalue weighted by atomic mass is 79.9. The highest BCUT2D eigenvalue weighted by molar-refractivity contribution is 9.10. The zero-order valence-electron chi connectivity index (χ0n) is 16.6. The summed E-state index contributed by atoms with van der Waals surface area (Å²) in [4.78, 5) is 24.7. The molecule has 4 nitrogen and oxygen atoms in total. The summed E-state index contributed by atoms with van der Waals surface area (Å²) in [5, 5.41) is 0. The third-order valence-corrected chi connectivity index (χ3v) is 6.03. The van der Waals surface area contributed by atoms with Gasteiger partial charge in [0.25, 0.3) is 0 Å². The highest BCUT2D eigenvalue weighted by Gasteiger charge is 2.13. The number of hydrogen-bond donors (Lipinski definition) is 0. The molecule has 0 aliphatic heterocycles. The smallest absolute Gasteiger partial charge is 0.344 e. The van der Waals surface area contributed by atoms with Gasteiger partial charge in [-0.25, -0.2) is 9.59 Å². The van der Waals surface area contributed by atoms with E-state index in [1.165, 1.54) is 0 Å². The number of halogens is 2. The Balaban J connectivity index is 1.42. The van der Waals surface area contributed by atoms with Crippen LogP contribution in [0.5, 0.6) is 11.5 Å². The Bertz CT molecular complexity index is 1160. The molecule has 0 radical (unpaired) electrons. The van der Waals surface area contributed by atoms with Crippen molar-refractivity contribution < 1.29 is 19.1 Å². The first-order chi connectivity index (χ1) is 15.5. The molecule has 0 bridgehead atoms. The second-order valence-corrected chi connectivity index (χ2v) is 8.50. The Labute approximate surface area is 202 Å². The molecule has 0 atom stereocenters. The molecule has 0 N–H and O–H groups in total. The number of esters is 2. The quantitative estimate of drug-likeness (QED) is 0.193. The van der Waals surface area contributed by atoms with Crippen LogP contribution in [0.3, 0.4) is 0 Å². The number of ether oxygens (including phenoxy) is 2. The Morgan fingerprint density at radius 1 is 0.500 bits per heavy atom. The van der Waals surface area contributed by atoms with Crippen molar-refractivity contribution in [3.8, 4) is 22.6 Å². The lowest BCUT2D eigenvalue weighted by Crippen LogP contribution is -2.09. The molecule has 0 saturated carbocycles. The minimum atomic E-state index is -0.429. The van der Waals surface area contributed by atoms with Crippen LogP contribution in [-0.2, 0) is 0 Å². The molecule has 0 saturated heterocycles.